The summed E-state index contributed by atoms with van der Waals surface area (Å²) < 4.78 is 0. The lowest BCUT2D eigenvalue weighted by molar-refractivity contribution is -0.129. The highest BCUT2D eigenvalue weighted by molar-refractivity contribution is 6.02. The molecule has 5 atom stereocenters. The van der Waals surface area contributed by atoms with E-state index < -0.39 is 0 Å². The van der Waals surface area contributed by atoms with Gasteiger partial charge in [-0.2, -0.15) is 0 Å². The average molecular weight is 222 g/mol. The molecule has 0 aromatic carbocycles. The van der Waals surface area contributed by atoms with Crippen LogP contribution < -0.4 is 0 Å². The van der Waals surface area contributed by atoms with Gasteiger partial charge in [0.2, 0.25) is 0 Å². The highest BCUT2D eigenvalue weighted by atomic mass is 16.1. The monoisotopic (exact) mass is 222 g/mol. The van der Waals surface area contributed by atoms with E-state index in [4.69, 9.17) is 0 Å². The molecule has 5 unspecified atom stereocenters. The maximum atomic E-state index is 11.9. The number of ketones is 2. The normalized spacial score (nSPS) is 45.1. The van der Waals surface area contributed by atoms with E-state index in [1.807, 2.05) is 13.8 Å². The molecule has 2 aliphatic carbocycles. The first-order chi connectivity index (χ1) is 7.50. The lowest BCUT2D eigenvalue weighted by Crippen LogP contribution is -2.33. The van der Waals surface area contributed by atoms with E-state index >= 15 is 0 Å². The Hall–Kier alpha value is -0.660. The van der Waals surface area contributed by atoms with E-state index in [2.05, 4.69) is 6.92 Å². The van der Waals surface area contributed by atoms with E-state index in [0.29, 0.717) is 11.8 Å². The number of carbonyl (C=O) groups excluding carboxylic acids is 2. The summed E-state index contributed by atoms with van der Waals surface area (Å²) in [6, 6.07) is 0. The van der Waals surface area contributed by atoms with Crippen LogP contribution in [0.25, 0.3) is 0 Å². The van der Waals surface area contributed by atoms with Crippen molar-refractivity contribution in [3.8, 4) is 0 Å². The van der Waals surface area contributed by atoms with E-state index in [9.17, 15) is 9.59 Å². The van der Waals surface area contributed by atoms with Crippen molar-refractivity contribution in [3.05, 3.63) is 0 Å². The molecule has 0 spiro atoms. The maximum Gasteiger partial charge on any atom is 0.143 e. The van der Waals surface area contributed by atoms with Gasteiger partial charge < -0.3 is 0 Å². The Morgan fingerprint density at radius 2 is 1.44 bits per heavy atom. The van der Waals surface area contributed by atoms with Crippen LogP contribution in [-0.4, -0.2) is 11.6 Å². The molecule has 0 radical (unpaired) electrons. The molecule has 2 saturated carbocycles. The number of rotatable bonds is 0. The zero-order valence-corrected chi connectivity index (χ0v) is 10.5. The number of hydrogen-bond acceptors (Lipinski definition) is 2. The molecule has 2 rings (SSSR count). The lowest BCUT2D eigenvalue weighted by Gasteiger charge is -2.38. The second kappa shape index (κ2) is 4.31. The lowest BCUT2D eigenvalue weighted by atomic mass is 9.66. The van der Waals surface area contributed by atoms with Crippen molar-refractivity contribution >= 4 is 11.6 Å². The predicted molar refractivity (Wildman–Crippen MR) is 63.0 cm³/mol. The molecule has 0 aromatic rings. The van der Waals surface area contributed by atoms with Crippen LogP contribution in [0.4, 0.5) is 0 Å². The molecule has 0 saturated heterocycles. The summed E-state index contributed by atoms with van der Waals surface area (Å²) in [4.78, 5) is 23.8. The number of fused-ring (bicyclic) bond motifs is 1. The van der Waals surface area contributed by atoms with Crippen LogP contribution in [0.2, 0.25) is 0 Å². The van der Waals surface area contributed by atoms with Crippen LogP contribution in [-0.2, 0) is 9.59 Å². The molecule has 2 fully saturated rings. The zero-order valence-electron chi connectivity index (χ0n) is 10.5. The number of Topliss-reactive ketones (excluding diaryl/α,β-unsaturated/α-hetero) is 2. The molecule has 16 heavy (non-hydrogen) atoms. The van der Waals surface area contributed by atoms with Crippen LogP contribution in [0.3, 0.4) is 0 Å². The van der Waals surface area contributed by atoms with Crippen molar-refractivity contribution in [2.45, 2.75) is 46.5 Å². The van der Waals surface area contributed by atoms with Gasteiger partial charge in [0, 0.05) is 11.8 Å². The van der Waals surface area contributed by atoms with Gasteiger partial charge in [0.1, 0.15) is 11.6 Å². The third kappa shape index (κ3) is 1.94. The topological polar surface area (TPSA) is 34.1 Å². The summed E-state index contributed by atoms with van der Waals surface area (Å²) in [5.41, 5.74) is 0. The molecule has 2 aliphatic rings. The van der Waals surface area contributed by atoms with Crippen molar-refractivity contribution in [1.82, 2.24) is 0 Å². The Morgan fingerprint density at radius 1 is 0.875 bits per heavy atom. The molecular weight excluding hydrogens is 200 g/mol. The van der Waals surface area contributed by atoms with E-state index in [0.717, 1.165) is 18.8 Å². The Bertz CT molecular complexity index is 308. The molecule has 2 nitrogen and oxygen atoms in total. The molecular formula is C14H22O2. The first-order valence-corrected chi connectivity index (χ1v) is 6.56. The second-order valence-corrected chi connectivity index (χ2v) is 5.93. The quantitative estimate of drug-likeness (QED) is 0.591. The first kappa shape index (κ1) is 11.8. The average Bonchev–Trinajstić information content (AvgIpc) is 2.32. The number of carbonyl (C=O) groups is 2. The molecule has 90 valence electrons. The second-order valence-electron chi connectivity index (χ2n) is 5.93. The van der Waals surface area contributed by atoms with Crippen LogP contribution in [0.1, 0.15) is 46.5 Å². The fourth-order valence-corrected chi connectivity index (χ4v) is 3.62. The van der Waals surface area contributed by atoms with Crippen LogP contribution >= 0.6 is 0 Å². The van der Waals surface area contributed by atoms with Gasteiger partial charge in [0.25, 0.3) is 0 Å². The zero-order chi connectivity index (χ0) is 11.9. The van der Waals surface area contributed by atoms with Crippen LogP contribution in [0.5, 0.6) is 0 Å². The van der Waals surface area contributed by atoms with Crippen molar-refractivity contribution in [3.63, 3.8) is 0 Å². The first-order valence-electron chi connectivity index (χ1n) is 6.56. The molecule has 0 heterocycles. The Morgan fingerprint density at radius 3 is 2.06 bits per heavy atom. The fraction of sp³-hybridized carbons (Fsp3) is 0.857. The number of hydrogen-bond donors (Lipinski definition) is 0. The van der Waals surface area contributed by atoms with Gasteiger partial charge >= 0.3 is 0 Å². The van der Waals surface area contributed by atoms with E-state index in [1.165, 1.54) is 6.42 Å². The fourth-order valence-electron chi connectivity index (χ4n) is 3.62. The molecule has 0 bridgehead atoms. The predicted octanol–water partition coefficient (Wildman–Crippen LogP) is 2.85. The summed E-state index contributed by atoms with van der Waals surface area (Å²) >= 11 is 0. The summed E-state index contributed by atoms with van der Waals surface area (Å²) in [5.74, 6) is 2.20. The van der Waals surface area contributed by atoms with Gasteiger partial charge in [-0.05, 0) is 30.6 Å². The van der Waals surface area contributed by atoms with Crippen LogP contribution in [0, 0.1) is 29.6 Å². The molecule has 2 heteroatoms. The minimum Gasteiger partial charge on any atom is -0.299 e. The van der Waals surface area contributed by atoms with Gasteiger partial charge in [0.15, 0.2) is 0 Å². The molecule has 0 aliphatic heterocycles. The van der Waals surface area contributed by atoms with Gasteiger partial charge in [-0.25, -0.2) is 0 Å². The summed E-state index contributed by atoms with van der Waals surface area (Å²) in [7, 11) is 0. The maximum absolute atomic E-state index is 11.9. The smallest absolute Gasteiger partial charge is 0.143 e. The van der Waals surface area contributed by atoms with Gasteiger partial charge in [-0.15, -0.1) is 0 Å². The largest absolute Gasteiger partial charge is 0.299 e. The Kier molecular flexibility index (Phi) is 3.18. The highest BCUT2D eigenvalue weighted by Gasteiger charge is 2.43. The third-order valence-corrected chi connectivity index (χ3v) is 4.87. The standard InChI is InChI=1S/C14H22O2/c1-8-4-5-11-9(2)13(15)7-14(16)10(3)12(11)6-8/h8-12H,4-7H2,1-3H3. The van der Waals surface area contributed by atoms with Gasteiger partial charge in [0.05, 0.1) is 6.42 Å². The third-order valence-electron chi connectivity index (χ3n) is 4.87. The summed E-state index contributed by atoms with van der Waals surface area (Å²) in [6.45, 7) is 6.33. The SMILES string of the molecule is CC1CCC2C(C)C(=O)CC(=O)C(C)C2C1. The molecule has 0 amide bonds. The summed E-state index contributed by atoms with van der Waals surface area (Å²) in [6.07, 6.45) is 3.68. The van der Waals surface area contributed by atoms with Crippen molar-refractivity contribution in [1.29, 1.82) is 0 Å². The molecule has 0 N–H and O–H groups in total. The van der Waals surface area contributed by atoms with Crippen molar-refractivity contribution < 1.29 is 9.59 Å². The van der Waals surface area contributed by atoms with E-state index in [-0.39, 0.29) is 29.8 Å². The van der Waals surface area contributed by atoms with Crippen LogP contribution in [0.15, 0.2) is 0 Å². The van der Waals surface area contributed by atoms with E-state index in [1.54, 1.807) is 0 Å². The Labute approximate surface area is 97.8 Å². The highest BCUT2D eigenvalue weighted by Crippen LogP contribution is 2.44. The van der Waals surface area contributed by atoms with Crippen molar-refractivity contribution in [2.24, 2.45) is 29.6 Å². The van der Waals surface area contributed by atoms with Crippen molar-refractivity contribution in [2.75, 3.05) is 0 Å². The molecule has 0 aromatic heterocycles. The van der Waals surface area contributed by atoms with Gasteiger partial charge in [-0.1, -0.05) is 27.2 Å². The summed E-state index contributed by atoms with van der Waals surface area (Å²) in [5, 5.41) is 0. The minimum atomic E-state index is 0.0987. The Balaban J connectivity index is 2.27. The minimum absolute atomic E-state index is 0.0987. The van der Waals surface area contributed by atoms with Gasteiger partial charge in [-0.3, -0.25) is 9.59 Å².